The number of benzene rings is 5. The van der Waals surface area contributed by atoms with E-state index in [9.17, 15) is 20.4 Å². The van der Waals surface area contributed by atoms with Crippen LogP contribution in [-0.4, -0.2) is 12.4 Å². The molecule has 0 amide bonds. The largest absolute Gasteiger partial charge is 4.00 e. The first kappa shape index (κ1) is 37.1. The molecular formula is C36H30Cl2N2O4Ti. The first-order chi connectivity index (χ1) is 21.0. The molecule has 226 valence electrons. The zero-order valence-corrected chi connectivity index (χ0v) is 28.2. The van der Waals surface area contributed by atoms with Gasteiger partial charge in [-0.2, -0.15) is 0 Å². The maximum atomic E-state index is 11.8. The Kier molecular flexibility index (Phi) is 14.9. The number of halogens is 2. The van der Waals surface area contributed by atoms with Gasteiger partial charge in [-0.05, 0) is 75.2 Å². The fourth-order valence-electron chi connectivity index (χ4n) is 3.80. The van der Waals surface area contributed by atoms with Crippen LogP contribution in [0.25, 0.3) is 0 Å². The van der Waals surface area contributed by atoms with Gasteiger partial charge in [0, 0.05) is 22.5 Å². The summed E-state index contributed by atoms with van der Waals surface area (Å²) in [7, 11) is 0. The number of hydrogen-bond acceptors (Lipinski definition) is 6. The number of rotatable bonds is 4. The first-order valence-electron chi connectivity index (χ1n) is 13.5. The van der Waals surface area contributed by atoms with E-state index >= 15 is 0 Å². The molecule has 0 aliphatic rings. The third-order valence-electron chi connectivity index (χ3n) is 6.33. The van der Waals surface area contributed by atoms with Crippen LogP contribution < -0.4 is 20.4 Å². The summed E-state index contributed by atoms with van der Waals surface area (Å²) >= 11 is 11.8. The Balaban J connectivity index is 0.000000303. The van der Waals surface area contributed by atoms with Gasteiger partial charge in [0.15, 0.2) is 0 Å². The predicted molar refractivity (Wildman–Crippen MR) is 173 cm³/mol. The second-order valence-electron chi connectivity index (χ2n) is 9.81. The van der Waals surface area contributed by atoms with Crippen LogP contribution in [0.3, 0.4) is 0 Å². The molecule has 0 fully saturated rings. The zero-order chi connectivity index (χ0) is 32.2. The second-order valence-corrected chi connectivity index (χ2v) is 10.7. The number of aryl methyl sites for hydroxylation is 4. The fourth-order valence-corrected chi connectivity index (χ4v) is 4.16. The van der Waals surface area contributed by atoms with Crippen molar-refractivity contribution in [2.75, 3.05) is 0 Å². The van der Waals surface area contributed by atoms with Crippen LogP contribution in [0.1, 0.15) is 33.4 Å². The summed E-state index contributed by atoms with van der Waals surface area (Å²) in [6.07, 6.45) is 2.89. The quantitative estimate of drug-likeness (QED) is 0.146. The molecule has 0 saturated heterocycles. The fraction of sp³-hybridized carbons (Fsp3) is 0.111. The van der Waals surface area contributed by atoms with E-state index in [2.05, 4.69) is 9.98 Å². The van der Waals surface area contributed by atoms with Crippen molar-refractivity contribution in [3.05, 3.63) is 140 Å². The number of hydrogen-bond donors (Lipinski definition) is 0. The van der Waals surface area contributed by atoms with E-state index in [1.54, 1.807) is 36.4 Å². The third-order valence-corrected chi connectivity index (χ3v) is 6.80. The topological polar surface area (TPSA) is 117 Å². The molecule has 0 saturated carbocycles. The van der Waals surface area contributed by atoms with E-state index in [1.807, 2.05) is 64.1 Å². The van der Waals surface area contributed by atoms with Crippen molar-refractivity contribution in [2.45, 2.75) is 27.7 Å². The molecule has 0 unspecified atom stereocenters. The number of aliphatic imine (C=N–C) groups is 2. The molecule has 9 heteroatoms. The molecule has 6 nitrogen and oxygen atoms in total. The van der Waals surface area contributed by atoms with Gasteiger partial charge < -0.3 is 20.4 Å². The van der Waals surface area contributed by atoms with Gasteiger partial charge in [-0.15, -0.1) is 11.5 Å². The molecule has 0 bridgehead atoms. The summed E-state index contributed by atoms with van der Waals surface area (Å²) in [6.45, 7) is 7.31. The minimum atomic E-state index is -0.172. The van der Waals surface area contributed by atoms with E-state index in [0.717, 1.165) is 22.3 Å². The summed E-state index contributed by atoms with van der Waals surface area (Å²) in [5, 5.41) is 46.5. The molecule has 0 aliphatic heterocycles. The minimum Gasteiger partial charge on any atom is -0.872 e. The SMILES string of the molecule is Cc1cccc(C)c1[O-].Cc1cccc(C)c1[O-].[O-]c1ccc(Cl)cc1C=Nc1ccccc1N=Cc1cc(Cl)ccc1[O-].[Ti+4]. The first-order valence-corrected chi connectivity index (χ1v) is 14.3. The van der Waals surface area contributed by atoms with Crippen LogP contribution in [0.4, 0.5) is 11.4 Å². The van der Waals surface area contributed by atoms with Crippen molar-refractivity contribution in [3.8, 4) is 23.0 Å². The van der Waals surface area contributed by atoms with Crippen LogP contribution in [-0.2, 0) is 21.7 Å². The van der Waals surface area contributed by atoms with Gasteiger partial charge in [0.2, 0.25) is 0 Å². The molecule has 0 spiro atoms. The van der Waals surface area contributed by atoms with Crippen molar-refractivity contribution in [1.82, 2.24) is 0 Å². The number of para-hydroxylation sites is 4. The molecule has 5 aromatic rings. The molecule has 5 rings (SSSR count). The molecule has 0 aliphatic carbocycles. The standard InChI is InChI=1S/C20H14Cl2N2O2.2C8H10O.Ti/c21-15-5-7-19(25)13(9-15)11-23-17-3-1-2-4-18(17)24-12-14-10-16(22)6-8-20(14)26;2*1-6-4-3-5-7(2)8(6)9;/h1-12,25-26H;2*3-5,9H,1-2H3;/q;;;+4/p-4. The van der Waals surface area contributed by atoms with E-state index in [-0.39, 0.29) is 44.7 Å². The molecule has 5 aromatic carbocycles. The van der Waals surface area contributed by atoms with E-state index in [0.29, 0.717) is 32.5 Å². The summed E-state index contributed by atoms with van der Waals surface area (Å²) in [5.41, 5.74) is 5.19. The van der Waals surface area contributed by atoms with Crippen molar-refractivity contribution in [3.63, 3.8) is 0 Å². The van der Waals surface area contributed by atoms with Crippen LogP contribution in [0.2, 0.25) is 10.0 Å². The van der Waals surface area contributed by atoms with Crippen LogP contribution in [0.15, 0.2) is 107 Å². The number of nitrogens with zero attached hydrogens (tertiary/aromatic N) is 2. The molecule has 0 radical (unpaired) electrons. The third kappa shape index (κ3) is 11.4. The van der Waals surface area contributed by atoms with Crippen molar-refractivity contribution >= 4 is 47.0 Å². The molecule has 0 atom stereocenters. The summed E-state index contributed by atoms with van der Waals surface area (Å²) in [4.78, 5) is 8.66. The van der Waals surface area contributed by atoms with E-state index < -0.39 is 0 Å². The van der Waals surface area contributed by atoms with Crippen LogP contribution in [0.5, 0.6) is 23.0 Å². The molecule has 0 aromatic heterocycles. The van der Waals surface area contributed by atoms with E-state index in [4.69, 9.17) is 23.2 Å². The Morgan fingerprint density at radius 3 is 1.13 bits per heavy atom. The van der Waals surface area contributed by atoms with Gasteiger partial charge in [0.25, 0.3) is 0 Å². The van der Waals surface area contributed by atoms with Gasteiger partial charge in [0.05, 0.1) is 11.4 Å². The average molecular weight is 673 g/mol. The van der Waals surface area contributed by atoms with Gasteiger partial charge in [-0.25, -0.2) is 0 Å². The average Bonchev–Trinajstić information content (AvgIpc) is 3.00. The van der Waals surface area contributed by atoms with Crippen molar-refractivity contribution in [2.24, 2.45) is 9.98 Å². The second kappa shape index (κ2) is 18.0. The molecule has 0 N–H and O–H groups in total. The molecular weight excluding hydrogens is 643 g/mol. The van der Waals surface area contributed by atoms with Gasteiger partial charge >= 0.3 is 21.7 Å². The normalized spacial score (nSPS) is 10.4. The zero-order valence-electron chi connectivity index (χ0n) is 25.2. The summed E-state index contributed by atoms with van der Waals surface area (Å²) < 4.78 is 0. The minimum absolute atomic E-state index is 0. The van der Waals surface area contributed by atoms with E-state index in [1.165, 1.54) is 36.7 Å². The summed E-state index contributed by atoms with van der Waals surface area (Å²) in [6, 6.07) is 27.2. The Morgan fingerprint density at radius 1 is 0.489 bits per heavy atom. The Bertz CT molecular complexity index is 1620. The maximum Gasteiger partial charge on any atom is 4.00 e. The Labute approximate surface area is 288 Å². The smallest absolute Gasteiger partial charge is 0.872 e. The maximum absolute atomic E-state index is 11.8. The Morgan fingerprint density at radius 2 is 0.822 bits per heavy atom. The van der Waals surface area contributed by atoms with Crippen LogP contribution in [0, 0.1) is 27.7 Å². The van der Waals surface area contributed by atoms with Gasteiger partial charge in [0.1, 0.15) is 0 Å². The van der Waals surface area contributed by atoms with Crippen LogP contribution >= 0.6 is 23.2 Å². The Hall–Kier alpha value is -4.07. The predicted octanol–water partition coefficient (Wildman–Crippen LogP) is 7.39. The summed E-state index contributed by atoms with van der Waals surface area (Å²) in [5.74, 6) is -0.0156. The monoisotopic (exact) mass is 672 g/mol. The molecule has 45 heavy (non-hydrogen) atoms. The van der Waals surface area contributed by atoms with Crippen molar-refractivity contribution < 1.29 is 42.1 Å². The van der Waals surface area contributed by atoms with Gasteiger partial charge in [-0.3, -0.25) is 9.98 Å². The van der Waals surface area contributed by atoms with Gasteiger partial charge in [-0.1, -0.05) is 118 Å². The molecule has 0 heterocycles. The van der Waals surface area contributed by atoms with Crippen molar-refractivity contribution in [1.29, 1.82) is 0 Å².